The van der Waals surface area contributed by atoms with Gasteiger partial charge >= 0.3 is 0 Å². The van der Waals surface area contributed by atoms with Gasteiger partial charge in [-0.25, -0.2) is 0 Å². The predicted octanol–water partition coefficient (Wildman–Crippen LogP) is 5.11. The molecule has 0 saturated carbocycles. The van der Waals surface area contributed by atoms with Gasteiger partial charge in [-0.1, -0.05) is 18.2 Å². The molecule has 0 unspecified atom stereocenters. The van der Waals surface area contributed by atoms with E-state index in [9.17, 15) is 0 Å². The molecule has 15 heavy (non-hydrogen) atoms. The van der Waals surface area contributed by atoms with Gasteiger partial charge in [-0.15, -0.1) is 0 Å². The Morgan fingerprint density at radius 3 is 2.53 bits per heavy atom. The average molecular weight is 326 g/mol. The van der Waals surface area contributed by atoms with Crippen LogP contribution in [0.25, 0.3) is 21.9 Å². The number of furan rings is 1. The van der Waals surface area contributed by atoms with E-state index in [2.05, 4.69) is 44.0 Å². The molecule has 0 aliphatic rings. The Kier molecular flexibility index (Phi) is 2.11. The first kappa shape index (κ1) is 9.43. The van der Waals surface area contributed by atoms with E-state index in [1.54, 1.807) is 0 Å². The van der Waals surface area contributed by atoms with E-state index < -0.39 is 0 Å². The van der Waals surface area contributed by atoms with Gasteiger partial charge in [-0.2, -0.15) is 0 Å². The lowest BCUT2D eigenvalue weighted by molar-refractivity contribution is 0.666. The van der Waals surface area contributed by atoms with E-state index in [0.717, 1.165) is 30.9 Å². The summed E-state index contributed by atoms with van der Waals surface area (Å²) in [5.74, 6) is 0. The minimum Gasteiger partial charge on any atom is -0.455 e. The van der Waals surface area contributed by atoms with Crippen molar-refractivity contribution in [3.63, 3.8) is 0 Å². The van der Waals surface area contributed by atoms with Crippen molar-refractivity contribution in [2.24, 2.45) is 0 Å². The maximum absolute atomic E-state index is 5.79. The molecule has 0 radical (unpaired) electrons. The molecular formula is C12H6Br2O. The van der Waals surface area contributed by atoms with Crippen LogP contribution in [0.5, 0.6) is 0 Å². The molecule has 0 bridgehead atoms. The number of benzene rings is 2. The summed E-state index contributed by atoms with van der Waals surface area (Å²) >= 11 is 6.98. The Morgan fingerprint density at radius 2 is 1.67 bits per heavy atom. The van der Waals surface area contributed by atoms with Gasteiger partial charge in [0.2, 0.25) is 0 Å². The van der Waals surface area contributed by atoms with E-state index in [0.29, 0.717) is 0 Å². The Bertz CT molecular complexity index is 655. The number of halogens is 2. The molecule has 1 aromatic heterocycles. The van der Waals surface area contributed by atoms with Crippen molar-refractivity contribution < 1.29 is 4.42 Å². The van der Waals surface area contributed by atoms with Crippen LogP contribution >= 0.6 is 31.9 Å². The standard InChI is InChI=1S/C12H6Br2O/c13-9-6-5-8-7-3-1-2-4-10(7)15-12(8)11(9)14/h1-6H. The Morgan fingerprint density at radius 1 is 0.867 bits per heavy atom. The summed E-state index contributed by atoms with van der Waals surface area (Å²) in [6, 6.07) is 12.1. The quantitative estimate of drug-likeness (QED) is 0.559. The molecular weight excluding hydrogens is 320 g/mol. The Hall–Kier alpha value is -0.800. The van der Waals surface area contributed by atoms with Gasteiger partial charge in [-0.3, -0.25) is 0 Å². The molecule has 74 valence electrons. The van der Waals surface area contributed by atoms with Crippen molar-refractivity contribution in [2.75, 3.05) is 0 Å². The number of rotatable bonds is 0. The molecule has 0 N–H and O–H groups in total. The zero-order valence-corrected chi connectivity index (χ0v) is 10.8. The van der Waals surface area contributed by atoms with Crippen LogP contribution in [0.4, 0.5) is 0 Å². The molecule has 0 atom stereocenters. The molecule has 3 aromatic rings. The largest absolute Gasteiger partial charge is 0.455 e. The smallest absolute Gasteiger partial charge is 0.150 e. The summed E-state index contributed by atoms with van der Waals surface area (Å²) in [4.78, 5) is 0. The minimum absolute atomic E-state index is 0.894. The van der Waals surface area contributed by atoms with Gasteiger partial charge in [0.25, 0.3) is 0 Å². The topological polar surface area (TPSA) is 13.1 Å². The van der Waals surface area contributed by atoms with Crippen LogP contribution in [0.15, 0.2) is 49.8 Å². The molecule has 3 rings (SSSR count). The normalized spacial score (nSPS) is 11.3. The summed E-state index contributed by atoms with van der Waals surface area (Å²) in [5, 5.41) is 2.29. The molecule has 3 heteroatoms. The summed E-state index contributed by atoms with van der Waals surface area (Å²) < 4.78 is 7.76. The first-order valence-corrected chi connectivity index (χ1v) is 6.11. The molecule has 1 heterocycles. The lowest BCUT2D eigenvalue weighted by atomic mass is 10.2. The van der Waals surface area contributed by atoms with Crippen molar-refractivity contribution in [3.8, 4) is 0 Å². The highest BCUT2D eigenvalue weighted by molar-refractivity contribution is 9.13. The number of hydrogen-bond acceptors (Lipinski definition) is 1. The second-order valence-electron chi connectivity index (χ2n) is 3.34. The fourth-order valence-electron chi connectivity index (χ4n) is 1.73. The van der Waals surface area contributed by atoms with E-state index in [1.165, 1.54) is 0 Å². The first-order valence-electron chi connectivity index (χ1n) is 4.52. The van der Waals surface area contributed by atoms with E-state index in [-0.39, 0.29) is 0 Å². The zero-order chi connectivity index (χ0) is 10.4. The maximum Gasteiger partial charge on any atom is 0.150 e. The minimum atomic E-state index is 0.894. The van der Waals surface area contributed by atoms with Crippen molar-refractivity contribution >= 4 is 53.8 Å². The van der Waals surface area contributed by atoms with Gasteiger partial charge in [0.15, 0.2) is 5.58 Å². The molecule has 2 aromatic carbocycles. The fourth-order valence-corrected chi connectivity index (χ4v) is 2.47. The molecule has 0 saturated heterocycles. The van der Waals surface area contributed by atoms with Gasteiger partial charge in [0.1, 0.15) is 5.58 Å². The van der Waals surface area contributed by atoms with E-state index >= 15 is 0 Å². The second-order valence-corrected chi connectivity index (χ2v) is 4.98. The van der Waals surface area contributed by atoms with Crippen molar-refractivity contribution in [1.29, 1.82) is 0 Å². The SMILES string of the molecule is Brc1ccc2c(oc3ccccc32)c1Br. The molecule has 0 fully saturated rings. The van der Waals surface area contributed by atoms with Crippen LogP contribution in [0.3, 0.4) is 0 Å². The first-order chi connectivity index (χ1) is 7.27. The average Bonchev–Trinajstić information content (AvgIpc) is 2.63. The second kappa shape index (κ2) is 3.35. The van der Waals surface area contributed by atoms with Crippen molar-refractivity contribution in [1.82, 2.24) is 0 Å². The third-order valence-corrected chi connectivity index (χ3v) is 4.42. The van der Waals surface area contributed by atoms with Gasteiger partial charge in [-0.05, 0) is 50.1 Å². The number of para-hydroxylation sites is 1. The van der Waals surface area contributed by atoms with E-state index in [1.807, 2.05) is 24.3 Å². The van der Waals surface area contributed by atoms with Crippen molar-refractivity contribution in [2.45, 2.75) is 0 Å². The number of fused-ring (bicyclic) bond motifs is 3. The van der Waals surface area contributed by atoms with Gasteiger partial charge in [0.05, 0.1) is 4.47 Å². The zero-order valence-electron chi connectivity index (χ0n) is 7.63. The van der Waals surface area contributed by atoms with Crippen LogP contribution < -0.4 is 0 Å². The van der Waals surface area contributed by atoms with Crippen molar-refractivity contribution in [3.05, 3.63) is 45.3 Å². The van der Waals surface area contributed by atoms with E-state index in [4.69, 9.17) is 4.42 Å². The third-order valence-electron chi connectivity index (χ3n) is 2.44. The predicted molar refractivity (Wildman–Crippen MR) is 69.1 cm³/mol. The molecule has 0 spiro atoms. The summed E-state index contributed by atoms with van der Waals surface area (Å²) in [6.45, 7) is 0. The summed E-state index contributed by atoms with van der Waals surface area (Å²) in [7, 11) is 0. The van der Waals surface area contributed by atoms with Crippen LogP contribution in [-0.2, 0) is 0 Å². The van der Waals surface area contributed by atoms with Crippen LogP contribution in [0, 0.1) is 0 Å². The molecule has 0 amide bonds. The summed E-state index contributed by atoms with van der Waals surface area (Å²) in [5.41, 5.74) is 1.82. The highest BCUT2D eigenvalue weighted by atomic mass is 79.9. The molecule has 0 aliphatic heterocycles. The molecule has 0 aliphatic carbocycles. The third kappa shape index (κ3) is 1.34. The van der Waals surface area contributed by atoms with Gasteiger partial charge in [0, 0.05) is 15.2 Å². The fraction of sp³-hybridized carbons (Fsp3) is 0. The lowest BCUT2D eigenvalue weighted by Gasteiger charge is -1.95. The Labute approximate surface area is 103 Å². The van der Waals surface area contributed by atoms with Crippen LogP contribution in [0.1, 0.15) is 0 Å². The van der Waals surface area contributed by atoms with Crippen LogP contribution in [-0.4, -0.2) is 0 Å². The lowest BCUT2D eigenvalue weighted by Crippen LogP contribution is -1.70. The summed E-state index contributed by atoms with van der Waals surface area (Å²) in [6.07, 6.45) is 0. The monoisotopic (exact) mass is 324 g/mol. The Balaban J connectivity index is 2.60. The highest BCUT2D eigenvalue weighted by Crippen LogP contribution is 2.37. The van der Waals surface area contributed by atoms with Crippen LogP contribution in [0.2, 0.25) is 0 Å². The maximum atomic E-state index is 5.79. The number of hydrogen-bond donors (Lipinski definition) is 0. The van der Waals surface area contributed by atoms with Gasteiger partial charge < -0.3 is 4.42 Å². The molecule has 1 nitrogen and oxygen atoms in total. The highest BCUT2D eigenvalue weighted by Gasteiger charge is 2.10.